The van der Waals surface area contributed by atoms with Gasteiger partial charge in [0.05, 0.1) is 24.2 Å². The third kappa shape index (κ3) is 4.70. The molecule has 1 N–H and O–H groups in total. The number of halogens is 2. The first-order valence-electron chi connectivity index (χ1n) is 9.28. The lowest BCUT2D eigenvalue weighted by atomic mass is 10.2. The summed E-state index contributed by atoms with van der Waals surface area (Å²) < 4.78 is 12.5. The van der Waals surface area contributed by atoms with Crippen LogP contribution in [0.25, 0.3) is 17.0 Å². The standard InChI is InChI=1S/C21H17Cl2N5O3/c1-30-15-4-2-3-13(11-15)20-26-25-18-7-8-19(27-28(18)20)31-10-9-24-21(29)16-12-14(22)5-6-17(16)23/h2-8,11-12H,9-10H2,1H3,(H,24,29). The molecule has 31 heavy (non-hydrogen) atoms. The molecule has 4 aromatic rings. The minimum absolute atomic E-state index is 0.207. The molecule has 0 bridgehead atoms. The number of amides is 1. The van der Waals surface area contributed by atoms with Crippen LogP contribution >= 0.6 is 23.2 Å². The predicted octanol–water partition coefficient (Wildman–Crippen LogP) is 3.92. The van der Waals surface area contributed by atoms with Gasteiger partial charge < -0.3 is 14.8 Å². The molecule has 0 aliphatic rings. The number of aromatic nitrogens is 4. The Kier molecular flexibility index (Phi) is 6.20. The summed E-state index contributed by atoms with van der Waals surface area (Å²) >= 11 is 12.0. The summed E-state index contributed by atoms with van der Waals surface area (Å²) in [7, 11) is 1.60. The van der Waals surface area contributed by atoms with E-state index in [9.17, 15) is 4.79 Å². The highest BCUT2D eigenvalue weighted by atomic mass is 35.5. The SMILES string of the molecule is COc1cccc(-c2nnc3ccc(OCCNC(=O)c4cc(Cl)ccc4Cl)nn23)c1. The minimum atomic E-state index is -0.335. The molecule has 8 nitrogen and oxygen atoms in total. The molecule has 10 heteroatoms. The fourth-order valence-electron chi connectivity index (χ4n) is 2.88. The lowest BCUT2D eigenvalue weighted by Gasteiger charge is -2.09. The summed E-state index contributed by atoms with van der Waals surface area (Å²) in [6, 6.07) is 15.6. The lowest BCUT2D eigenvalue weighted by Crippen LogP contribution is -2.28. The second kappa shape index (κ2) is 9.20. The molecule has 0 aliphatic heterocycles. The zero-order chi connectivity index (χ0) is 21.8. The van der Waals surface area contributed by atoms with E-state index in [0.717, 1.165) is 5.56 Å². The van der Waals surface area contributed by atoms with Gasteiger partial charge in [0, 0.05) is 16.7 Å². The molecule has 0 unspecified atom stereocenters. The summed E-state index contributed by atoms with van der Waals surface area (Å²) in [5.41, 5.74) is 1.69. The second-order valence-corrected chi connectivity index (χ2v) is 7.27. The minimum Gasteiger partial charge on any atom is -0.497 e. The highest BCUT2D eigenvalue weighted by Gasteiger charge is 2.12. The van der Waals surface area contributed by atoms with Gasteiger partial charge in [-0.2, -0.15) is 4.52 Å². The molecule has 0 fully saturated rings. The third-order valence-electron chi connectivity index (χ3n) is 4.38. The molecule has 2 heterocycles. The fourth-order valence-corrected chi connectivity index (χ4v) is 3.25. The van der Waals surface area contributed by atoms with Gasteiger partial charge in [-0.3, -0.25) is 4.79 Å². The number of nitrogens with zero attached hydrogens (tertiary/aromatic N) is 4. The first-order valence-corrected chi connectivity index (χ1v) is 10.0. The Bertz CT molecular complexity index is 1240. The van der Waals surface area contributed by atoms with Crippen molar-refractivity contribution in [2.24, 2.45) is 0 Å². The second-order valence-electron chi connectivity index (χ2n) is 6.43. The van der Waals surface area contributed by atoms with E-state index in [-0.39, 0.29) is 19.1 Å². The predicted molar refractivity (Wildman–Crippen MR) is 117 cm³/mol. The Balaban J connectivity index is 1.42. The van der Waals surface area contributed by atoms with E-state index in [2.05, 4.69) is 20.6 Å². The summed E-state index contributed by atoms with van der Waals surface area (Å²) in [6.07, 6.45) is 0. The average Bonchev–Trinajstić information content (AvgIpc) is 3.21. The maximum Gasteiger partial charge on any atom is 0.252 e. The van der Waals surface area contributed by atoms with Gasteiger partial charge in [-0.1, -0.05) is 35.3 Å². The van der Waals surface area contributed by atoms with Gasteiger partial charge in [-0.25, -0.2) is 0 Å². The Hall–Kier alpha value is -3.36. The van der Waals surface area contributed by atoms with Gasteiger partial charge in [0.1, 0.15) is 12.4 Å². The van der Waals surface area contributed by atoms with Gasteiger partial charge in [0.2, 0.25) is 5.88 Å². The quantitative estimate of drug-likeness (QED) is 0.423. The zero-order valence-electron chi connectivity index (χ0n) is 16.4. The topological polar surface area (TPSA) is 90.6 Å². The molecule has 2 aromatic carbocycles. The van der Waals surface area contributed by atoms with Crippen LogP contribution in [0.2, 0.25) is 10.0 Å². The largest absolute Gasteiger partial charge is 0.497 e. The van der Waals surface area contributed by atoms with Crippen LogP contribution in [0.4, 0.5) is 0 Å². The van der Waals surface area contributed by atoms with Gasteiger partial charge >= 0.3 is 0 Å². The molecule has 4 rings (SSSR count). The van der Waals surface area contributed by atoms with Crippen molar-refractivity contribution >= 4 is 34.8 Å². The van der Waals surface area contributed by atoms with E-state index in [1.165, 1.54) is 6.07 Å². The van der Waals surface area contributed by atoms with Crippen LogP contribution in [-0.4, -0.2) is 46.0 Å². The molecular formula is C21H17Cl2N5O3. The number of nitrogens with one attached hydrogen (secondary N) is 1. The Morgan fingerprint density at radius 2 is 1.97 bits per heavy atom. The van der Waals surface area contributed by atoms with Crippen molar-refractivity contribution in [3.8, 4) is 23.0 Å². The lowest BCUT2D eigenvalue weighted by molar-refractivity contribution is 0.0946. The highest BCUT2D eigenvalue weighted by Crippen LogP contribution is 2.23. The highest BCUT2D eigenvalue weighted by molar-refractivity contribution is 6.35. The van der Waals surface area contributed by atoms with Gasteiger partial charge in [-0.05, 0) is 36.4 Å². The Labute approximate surface area is 187 Å². The van der Waals surface area contributed by atoms with Crippen LogP contribution in [0.5, 0.6) is 11.6 Å². The van der Waals surface area contributed by atoms with Crippen molar-refractivity contribution in [2.75, 3.05) is 20.3 Å². The van der Waals surface area contributed by atoms with Crippen LogP contribution in [0.15, 0.2) is 54.6 Å². The third-order valence-corrected chi connectivity index (χ3v) is 4.94. The van der Waals surface area contributed by atoms with Crippen LogP contribution < -0.4 is 14.8 Å². The number of carbonyl (C=O) groups is 1. The first kappa shape index (κ1) is 20.9. The number of carbonyl (C=O) groups excluding carboxylic acids is 1. The molecular weight excluding hydrogens is 441 g/mol. The number of methoxy groups -OCH3 is 1. The Morgan fingerprint density at radius 3 is 2.81 bits per heavy atom. The van der Waals surface area contributed by atoms with Gasteiger partial charge in [-0.15, -0.1) is 15.3 Å². The number of hydrogen-bond donors (Lipinski definition) is 1. The summed E-state index contributed by atoms with van der Waals surface area (Å²) in [6.45, 7) is 0.464. The van der Waals surface area contributed by atoms with Crippen molar-refractivity contribution in [1.29, 1.82) is 0 Å². The van der Waals surface area contributed by atoms with E-state index < -0.39 is 0 Å². The van der Waals surface area contributed by atoms with Gasteiger partial charge in [0.25, 0.3) is 5.91 Å². The average molecular weight is 458 g/mol. The molecule has 0 spiro atoms. The molecule has 0 radical (unpaired) electrons. The molecule has 158 valence electrons. The smallest absolute Gasteiger partial charge is 0.252 e. The van der Waals surface area contributed by atoms with Crippen molar-refractivity contribution in [3.63, 3.8) is 0 Å². The van der Waals surface area contributed by atoms with Crippen LogP contribution in [0.1, 0.15) is 10.4 Å². The van der Waals surface area contributed by atoms with Crippen molar-refractivity contribution in [3.05, 3.63) is 70.2 Å². The van der Waals surface area contributed by atoms with Crippen molar-refractivity contribution < 1.29 is 14.3 Å². The first-order chi connectivity index (χ1) is 15.0. The molecule has 1 amide bonds. The number of ether oxygens (including phenoxy) is 2. The van der Waals surface area contributed by atoms with Crippen LogP contribution in [0.3, 0.4) is 0 Å². The molecule has 0 saturated heterocycles. The van der Waals surface area contributed by atoms with E-state index >= 15 is 0 Å². The summed E-state index contributed by atoms with van der Waals surface area (Å²) in [4.78, 5) is 12.3. The maximum atomic E-state index is 12.3. The normalized spacial score (nSPS) is 10.8. The molecule has 0 aliphatic carbocycles. The Morgan fingerprint density at radius 1 is 1.10 bits per heavy atom. The van der Waals surface area contributed by atoms with Crippen LogP contribution in [0, 0.1) is 0 Å². The monoisotopic (exact) mass is 457 g/mol. The van der Waals surface area contributed by atoms with Gasteiger partial charge in [0.15, 0.2) is 11.5 Å². The van der Waals surface area contributed by atoms with E-state index in [1.54, 1.807) is 35.9 Å². The maximum absolute atomic E-state index is 12.3. The van der Waals surface area contributed by atoms with E-state index in [4.69, 9.17) is 32.7 Å². The molecule has 0 saturated carbocycles. The number of rotatable bonds is 7. The fraction of sp³-hybridized carbons (Fsp3) is 0.143. The number of fused-ring (bicyclic) bond motifs is 1. The molecule has 0 atom stereocenters. The van der Waals surface area contributed by atoms with Crippen molar-refractivity contribution in [2.45, 2.75) is 0 Å². The van der Waals surface area contributed by atoms with Crippen LogP contribution in [-0.2, 0) is 0 Å². The summed E-state index contributed by atoms with van der Waals surface area (Å²) in [5, 5.41) is 16.3. The van der Waals surface area contributed by atoms with Crippen molar-refractivity contribution in [1.82, 2.24) is 25.1 Å². The number of benzene rings is 2. The molecule has 2 aromatic heterocycles. The van der Waals surface area contributed by atoms with E-state index in [1.807, 2.05) is 24.3 Å². The number of hydrogen-bond acceptors (Lipinski definition) is 6. The van der Waals surface area contributed by atoms with E-state index in [0.29, 0.717) is 38.7 Å². The zero-order valence-corrected chi connectivity index (χ0v) is 17.9. The summed E-state index contributed by atoms with van der Waals surface area (Å²) in [5.74, 6) is 1.30.